The van der Waals surface area contributed by atoms with Crippen molar-refractivity contribution in [3.05, 3.63) is 12.2 Å². The third-order valence-electron chi connectivity index (χ3n) is 5.79. The van der Waals surface area contributed by atoms with Crippen molar-refractivity contribution in [3.8, 4) is 0 Å². The molecule has 0 aromatic carbocycles. The van der Waals surface area contributed by atoms with Crippen LogP contribution in [0, 0.1) is 11.8 Å². The Bertz CT molecular complexity index is 453. The second kappa shape index (κ2) is 9.33. The standard InChI is InChI=1S/C20H38O4Si/c1-15(19(21)22)10-8-9-11-18-16(2)14-17(24-18)12-13-23-25(6,7)20(3,4)5/h8-9,15-18H,10-14H2,1-7H3,(H,21,22)/b9-8+/t15-,16-,17-,18-/m0/s1. The number of carboxylic acid groups (broad SMARTS) is 1. The van der Waals surface area contributed by atoms with Gasteiger partial charge in [0.25, 0.3) is 0 Å². The number of rotatable bonds is 9. The average Bonchev–Trinajstić information content (AvgIpc) is 2.82. The van der Waals surface area contributed by atoms with Crippen molar-refractivity contribution >= 4 is 14.3 Å². The van der Waals surface area contributed by atoms with Gasteiger partial charge >= 0.3 is 5.97 Å². The number of hydrogen-bond donors (Lipinski definition) is 1. The lowest BCUT2D eigenvalue weighted by atomic mass is 9.98. The van der Waals surface area contributed by atoms with Crippen LogP contribution in [0.2, 0.25) is 18.1 Å². The van der Waals surface area contributed by atoms with Gasteiger partial charge < -0.3 is 14.3 Å². The van der Waals surface area contributed by atoms with E-state index in [9.17, 15) is 4.79 Å². The molecule has 0 aromatic rings. The van der Waals surface area contributed by atoms with Crippen molar-refractivity contribution in [2.45, 2.75) is 90.6 Å². The Morgan fingerprint density at radius 2 is 2.00 bits per heavy atom. The monoisotopic (exact) mass is 370 g/mol. The van der Waals surface area contributed by atoms with E-state index in [4.69, 9.17) is 14.3 Å². The van der Waals surface area contributed by atoms with Gasteiger partial charge in [0.15, 0.2) is 8.32 Å². The highest BCUT2D eigenvalue weighted by Crippen LogP contribution is 2.37. The highest BCUT2D eigenvalue weighted by atomic mass is 28.4. The molecule has 1 aliphatic heterocycles. The van der Waals surface area contributed by atoms with Gasteiger partial charge in [0.1, 0.15) is 0 Å². The van der Waals surface area contributed by atoms with Gasteiger partial charge in [-0.2, -0.15) is 0 Å². The highest BCUT2D eigenvalue weighted by molar-refractivity contribution is 6.74. The van der Waals surface area contributed by atoms with E-state index >= 15 is 0 Å². The van der Waals surface area contributed by atoms with E-state index in [0.29, 0.717) is 12.3 Å². The van der Waals surface area contributed by atoms with Crippen LogP contribution < -0.4 is 0 Å². The summed E-state index contributed by atoms with van der Waals surface area (Å²) in [6.45, 7) is 16.1. The first-order chi connectivity index (χ1) is 11.4. The molecule has 0 spiro atoms. The van der Waals surface area contributed by atoms with Crippen molar-refractivity contribution in [2.24, 2.45) is 11.8 Å². The number of carboxylic acids is 1. The largest absolute Gasteiger partial charge is 0.481 e. The lowest BCUT2D eigenvalue weighted by molar-refractivity contribution is -0.140. The molecule has 0 aromatic heterocycles. The first-order valence-corrected chi connectivity index (χ1v) is 12.5. The Morgan fingerprint density at radius 3 is 2.56 bits per heavy atom. The maximum atomic E-state index is 10.8. The maximum Gasteiger partial charge on any atom is 0.306 e. The summed E-state index contributed by atoms with van der Waals surface area (Å²) in [4.78, 5) is 10.8. The fourth-order valence-corrected chi connectivity index (χ4v) is 3.83. The quantitative estimate of drug-likeness (QED) is 0.445. The third-order valence-corrected chi connectivity index (χ3v) is 10.3. The molecule has 1 fully saturated rings. The van der Waals surface area contributed by atoms with E-state index in [0.717, 1.165) is 25.9 Å². The number of allylic oxidation sites excluding steroid dienone is 1. The van der Waals surface area contributed by atoms with E-state index in [2.05, 4.69) is 46.9 Å². The van der Waals surface area contributed by atoms with Gasteiger partial charge in [-0.1, -0.05) is 46.8 Å². The molecule has 4 atom stereocenters. The summed E-state index contributed by atoms with van der Waals surface area (Å²) in [6.07, 6.45) is 8.09. The second-order valence-corrected chi connectivity index (χ2v) is 13.9. The predicted octanol–water partition coefficient (Wildman–Crippen LogP) is 5.25. The summed E-state index contributed by atoms with van der Waals surface area (Å²) < 4.78 is 12.5. The van der Waals surface area contributed by atoms with Crippen LogP contribution in [-0.2, 0) is 14.0 Å². The fourth-order valence-electron chi connectivity index (χ4n) is 2.77. The minimum Gasteiger partial charge on any atom is -0.481 e. The van der Waals surface area contributed by atoms with Gasteiger partial charge in [0.2, 0.25) is 0 Å². The van der Waals surface area contributed by atoms with Crippen molar-refractivity contribution in [1.82, 2.24) is 0 Å². The molecule has 0 saturated carbocycles. The van der Waals surface area contributed by atoms with Crippen LogP contribution in [0.4, 0.5) is 0 Å². The lowest BCUT2D eigenvalue weighted by Gasteiger charge is -2.36. The van der Waals surface area contributed by atoms with Gasteiger partial charge in [-0.3, -0.25) is 4.79 Å². The molecular weight excluding hydrogens is 332 g/mol. The molecule has 25 heavy (non-hydrogen) atoms. The lowest BCUT2D eigenvalue weighted by Crippen LogP contribution is -2.41. The zero-order valence-corrected chi connectivity index (χ0v) is 18.2. The topological polar surface area (TPSA) is 55.8 Å². The van der Waals surface area contributed by atoms with Crippen LogP contribution in [0.1, 0.15) is 60.3 Å². The van der Waals surface area contributed by atoms with E-state index in [1.165, 1.54) is 0 Å². The molecule has 0 aliphatic carbocycles. The van der Waals surface area contributed by atoms with Crippen LogP contribution in [0.3, 0.4) is 0 Å². The Morgan fingerprint density at radius 1 is 1.36 bits per heavy atom. The van der Waals surface area contributed by atoms with Gasteiger partial charge in [0, 0.05) is 6.61 Å². The van der Waals surface area contributed by atoms with Crippen LogP contribution in [-0.4, -0.2) is 38.2 Å². The Hall–Kier alpha value is -0.653. The van der Waals surface area contributed by atoms with Crippen molar-refractivity contribution in [3.63, 3.8) is 0 Å². The zero-order valence-electron chi connectivity index (χ0n) is 17.2. The van der Waals surface area contributed by atoms with Crippen molar-refractivity contribution < 1.29 is 19.1 Å². The average molecular weight is 371 g/mol. The molecule has 5 heteroatoms. The molecule has 1 aliphatic rings. The van der Waals surface area contributed by atoms with Crippen LogP contribution in [0.5, 0.6) is 0 Å². The van der Waals surface area contributed by atoms with E-state index < -0.39 is 14.3 Å². The van der Waals surface area contributed by atoms with Crippen LogP contribution in [0.25, 0.3) is 0 Å². The summed E-state index contributed by atoms with van der Waals surface area (Å²) in [5.74, 6) is -0.519. The first-order valence-electron chi connectivity index (χ1n) is 9.61. The number of aliphatic carboxylic acids is 1. The van der Waals surface area contributed by atoms with Gasteiger partial charge in [0.05, 0.1) is 18.1 Å². The summed E-state index contributed by atoms with van der Waals surface area (Å²) in [6, 6.07) is 0. The molecule has 146 valence electrons. The molecule has 0 bridgehead atoms. The summed E-state index contributed by atoms with van der Waals surface area (Å²) in [5, 5.41) is 9.14. The Labute approximate surface area is 155 Å². The number of hydrogen-bond acceptors (Lipinski definition) is 3. The van der Waals surface area contributed by atoms with Gasteiger partial charge in [-0.15, -0.1) is 0 Å². The fraction of sp³-hybridized carbons (Fsp3) is 0.850. The maximum absolute atomic E-state index is 10.8. The van der Waals surface area contributed by atoms with Gasteiger partial charge in [-0.25, -0.2) is 0 Å². The summed E-state index contributed by atoms with van der Waals surface area (Å²) in [5.41, 5.74) is 0. The summed E-state index contributed by atoms with van der Waals surface area (Å²) in [7, 11) is -1.67. The molecular formula is C20H38O4Si. The molecule has 1 N–H and O–H groups in total. The molecule has 1 heterocycles. The van der Waals surface area contributed by atoms with Crippen LogP contribution >= 0.6 is 0 Å². The molecule has 1 saturated heterocycles. The molecule has 1 rings (SSSR count). The Kier molecular flexibility index (Phi) is 8.36. The minimum absolute atomic E-state index is 0.245. The summed E-state index contributed by atoms with van der Waals surface area (Å²) >= 11 is 0. The zero-order chi connectivity index (χ0) is 19.3. The SMILES string of the molecule is C[C@@H](C/C=C/C[C@@H]1O[C@@H](CCO[Si](C)(C)C(C)(C)C)C[C@@H]1C)C(=O)O. The second-order valence-electron chi connectivity index (χ2n) is 9.09. The third kappa shape index (κ3) is 7.23. The Balaban J connectivity index is 2.33. The smallest absolute Gasteiger partial charge is 0.306 e. The normalized spacial score (nSPS) is 26.3. The number of ether oxygens (including phenoxy) is 1. The van der Waals surface area contributed by atoms with E-state index in [1.54, 1.807) is 6.92 Å². The van der Waals surface area contributed by atoms with Gasteiger partial charge in [-0.05, 0) is 49.7 Å². The van der Waals surface area contributed by atoms with E-state index in [1.807, 2.05) is 6.08 Å². The highest BCUT2D eigenvalue weighted by Gasteiger charge is 2.37. The van der Waals surface area contributed by atoms with E-state index in [-0.39, 0.29) is 23.2 Å². The van der Waals surface area contributed by atoms with Crippen molar-refractivity contribution in [1.29, 1.82) is 0 Å². The number of carbonyl (C=O) groups is 1. The van der Waals surface area contributed by atoms with Crippen LogP contribution in [0.15, 0.2) is 12.2 Å². The first kappa shape index (κ1) is 22.4. The molecule has 0 amide bonds. The minimum atomic E-state index is -1.67. The molecule has 0 unspecified atom stereocenters. The molecule has 0 radical (unpaired) electrons. The predicted molar refractivity (Wildman–Crippen MR) is 105 cm³/mol. The molecule has 4 nitrogen and oxygen atoms in total. The van der Waals surface area contributed by atoms with Crippen molar-refractivity contribution in [2.75, 3.05) is 6.61 Å².